The number of rotatable bonds is 5. The molecule has 0 atom stereocenters. The molecule has 0 aliphatic heterocycles. The lowest BCUT2D eigenvalue weighted by atomic mass is 10.1. The van der Waals surface area contributed by atoms with Crippen molar-refractivity contribution in [1.29, 1.82) is 0 Å². The van der Waals surface area contributed by atoms with Crippen LogP contribution in [0.15, 0.2) is 46.0 Å². The van der Waals surface area contributed by atoms with Crippen molar-refractivity contribution < 1.29 is 9.72 Å². The molecule has 0 aliphatic rings. The Morgan fingerprint density at radius 2 is 2.00 bits per heavy atom. The zero-order valence-corrected chi connectivity index (χ0v) is 13.7. The number of pyridine rings is 1. The van der Waals surface area contributed by atoms with E-state index in [9.17, 15) is 24.5 Å². The van der Waals surface area contributed by atoms with Crippen LogP contribution in [0.1, 0.15) is 10.4 Å². The molecule has 10 nitrogen and oxygen atoms in total. The summed E-state index contributed by atoms with van der Waals surface area (Å²) in [6.07, 6.45) is 0. The number of carbonyl (C=O) groups is 1. The normalized spacial score (nSPS) is 10.7. The molecule has 3 rings (SSSR count). The number of nitrogens with one attached hydrogen (secondary N) is 2. The molecular weight excluding hydrogens is 366 g/mol. The zero-order valence-electron chi connectivity index (χ0n) is 12.9. The molecule has 11 heteroatoms. The van der Waals surface area contributed by atoms with E-state index in [1.807, 2.05) is 0 Å². The maximum atomic E-state index is 12.2. The summed E-state index contributed by atoms with van der Waals surface area (Å²) in [5.41, 5.74) is -0.464. The van der Waals surface area contributed by atoms with E-state index in [2.05, 4.69) is 15.4 Å². The summed E-state index contributed by atoms with van der Waals surface area (Å²) in [6.45, 7) is -0.373. The van der Waals surface area contributed by atoms with Crippen molar-refractivity contribution in [3.8, 4) is 0 Å². The summed E-state index contributed by atoms with van der Waals surface area (Å²) in [4.78, 5) is 52.6. The quantitative estimate of drug-likeness (QED) is 0.223. The van der Waals surface area contributed by atoms with Gasteiger partial charge in [0.1, 0.15) is 5.15 Å². The SMILES string of the molecule is O=C(CNn1c(=O)c(=O)[nH]c2nc(Cl)cc([N+](=O)[O-])c21)c1ccccc1. The topological polar surface area (TPSA) is 140 Å². The molecular formula is C15H10ClN5O5. The number of fused-ring (bicyclic) bond motifs is 1. The van der Waals surface area contributed by atoms with Crippen molar-refractivity contribution in [3.63, 3.8) is 0 Å². The summed E-state index contributed by atoms with van der Waals surface area (Å²) >= 11 is 5.72. The van der Waals surface area contributed by atoms with E-state index < -0.39 is 21.7 Å². The molecule has 0 amide bonds. The van der Waals surface area contributed by atoms with Crippen LogP contribution in [0, 0.1) is 10.1 Å². The molecule has 0 bridgehead atoms. The van der Waals surface area contributed by atoms with Gasteiger partial charge in [-0.05, 0) is 0 Å². The molecule has 0 unspecified atom stereocenters. The maximum absolute atomic E-state index is 12.2. The van der Waals surface area contributed by atoms with Gasteiger partial charge in [-0.1, -0.05) is 41.9 Å². The number of H-pyrrole nitrogens is 1. The fourth-order valence-corrected chi connectivity index (χ4v) is 2.52. The van der Waals surface area contributed by atoms with Crippen molar-refractivity contribution >= 4 is 34.2 Å². The first-order valence-electron chi connectivity index (χ1n) is 7.20. The molecule has 0 saturated carbocycles. The van der Waals surface area contributed by atoms with Crippen LogP contribution in [0.25, 0.3) is 11.2 Å². The average Bonchev–Trinajstić information content (AvgIpc) is 2.62. The van der Waals surface area contributed by atoms with Crippen LogP contribution < -0.4 is 16.5 Å². The minimum atomic E-state index is -1.12. The number of aromatic nitrogens is 3. The van der Waals surface area contributed by atoms with Gasteiger partial charge in [0.25, 0.3) is 0 Å². The van der Waals surface area contributed by atoms with Gasteiger partial charge in [0, 0.05) is 5.56 Å². The van der Waals surface area contributed by atoms with Gasteiger partial charge in [-0.25, -0.2) is 9.66 Å². The van der Waals surface area contributed by atoms with Gasteiger partial charge in [-0.15, -0.1) is 0 Å². The van der Waals surface area contributed by atoms with Crippen LogP contribution in [0.3, 0.4) is 0 Å². The molecule has 2 aromatic heterocycles. The highest BCUT2D eigenvalue weighted by atomic mass is 35.5. The predicted octanol–water partition coefficient (Wildman–Crippen LogP) is 1.07. The van der Waals surface area contributed by atoms with Gasteiger partial charge in [-0.2, -0.15) is 0 Å². The molecule has 0 saturated heterocycles. The number of halogens is 1. The van der Waals surface area contributed by atoms with Crippen molar-refractivity contribution in [1.82, 2.24) is 14.6 Å². The molecule has 0 fully saturated rings. The Morgan fingerprint density at radius 1 is 1.31 bits per heavy atom. The first kappa shape index (κ1) is 17.3. The molecule has 2 heterocycles. The molecule has 3 aromatic rings. The highest BCUT2D eigenvalue weighted by molar-refractivity contribution is 6.30. The number of carbonyl (C=O) groups excluding carboxylic acids is 1. The van der Waals surface area contributed by atoms with Gasteiger partial charge in [0.15, 0.2) is 16.9 Å². The fourth-order valence-electron chi connectivity index (χ4n) is 2.33. The molecule has 26 heavy (non-hydrogen) atoms. The Hall–Kier alpha value is -3.53. The largest absolute Gasteiger partial charge is 0.335 e. The van der Waals surface area contributed by atoms with Gasteiger partial charge in [0.2, 0.25) is 0 Å². The first-order chi connectivity index (χ1) is 12.4. The lowest BCUT2D eigenvalue weighted by molar-refractivity contribution is -0.383. The summed E-state index contributed by atoms with van der Waals surface area (Å²) in [7, 11) is 0. The lowest BCUT2D eigenvalue weighted by Gasteiger charge is -2.11. The minimum absolute atomic E-state index is 0.231. The smallest absolute Gasteiger partial charge is 0.314 e. The van der Waals surface area contributed by atoms with Gasteiger partial charge in [-0.3, -0.25) is 24.5 Å². The van der Waals surface area contributed by atoms with Gasteiger partial charge >= 0.3 is 16.8 Å². The summed E-state index contributed by atoms with van der Waals surface area (Å²) in [5, 5.41) is 11.1. The number of hydrogen-bond acceptors (Lipinski definition) is 7. The minimum Gasteiger partial charge on any atom is -0.314 e. The van der Waals surface area contributed by atoms with E-state index >= 15 is 0 Å². The molecule has 0 aliphatic carbocycles. The number of benzene rings is 1. The number of nitro groups is 1. The Balaban J connectivity index is 2.11. The van der Waals surface area contributed by atoms with Crippen molar-refractivity contribution in [3.05, 3.63) is 77.9 Å². The molecule has 0 radical (unpaired) electrons. The van der Waals surface area contributed by atoms with Crippen LogP contribution >= 0.6 is 11.6 Å². The van der Waals surface area contributed by atoms with Gasteiger partial charge in [0.05, 0.1) is 17.5 Å². The lowest BCUT2D eigenvalue weighted by Crippen LogP contribution is -2.42. The van der Waals surface area contributed by atoms with Crippen LogP contribution in [0.4, 0.5) is 5.69 Å². The van der Waals surface area contributed by atoms with Crippen molar-refractivity contribution in [2.24, 2.45) is 0 Å². The second-order valence-corrected chi connectivity index (χ2v) is 5.52. The Morgan fingerprint density at radius 3 is 2.65 bits per heavy atom. The van der Waals surface area contributed by atoms with E-state index in [-0.39, 0.29) is 28.6 Å². The third kappa shape index (κ3) is 3.17. The zero-order chi connectivity index (χ0) is 18.8. The van der Waals surface area contributed by atoms with Crippen molar-refractivity contribution in [2.45, 2.75) is 0 Å². The highest BCUT2D eigenvalue weighted by Gasteiger charge is 2.22. The van der Waals surface area contributed by atoms with Crippen LogP contribution in [-0.4, -0.2) is 31.9 Å². The first-order valence-corrected chi connectivity index (χ1v) is 7.58. The summed E-state index contributed by atoms with van der Waals surface area (Å²) in [5.74, 6) is -0.379. The third-order valence-electron chi connectivity index (χ3n) is 3.48. The van der Waals surface area contributed by atoms with E-state index in [4.69, 9.17) is 11.6 Å². The molecule has 132 valence electrons. The van der Waals surface area contributed by atoms with E-state index in [1.54, 1.807) is 30.3 Å². The Bertz CT molecular complexity index is 1140. The summed E-state index contributed by atoms with van der Waals surface area (Å²) < 4.78 is 0.635. The Labute approximate surface area is 149 Å². The van der Waals surface area contributed by atoms with Crippen LogP contribution in [-0.2, 0) is 0 Å². The fraction of sp³-hybridized carbons (Fsp3) is 0.0667. The molecule has 2 N–H and O–H groups in total. The number of ketones is 1. The van der Waals surface area contributed by atoms with Crippen LogP contribution in [0.5, 0.6) is 0 Å². The second-order valence-electron chi connectivity index (χ2n) is 5.14. The highest BCUT2D eigenvalue weighted by Crippen LogP contribution is 2.24. The monoisotopic (exact) mass is 375 g/mol. The number of nitrogens with zero attached hydrogens (tertiary/aromatic N) is 3. The molecule has 0 spiro atoms. The van der Waals surface area contributed by atoms with E-state index in [1.165, 1.54) is 0 Å². The van der Waals surface area contributed by atoms with Crippen LogP contribution in [0.2, 0.25) is 5.15 Å². The number of aromatic amines is 1. The van der Waals surface area contributed by atoms with E-state index in [0.717, 1.165) is 6.07 Å². The van der Waals surface area contributed by atoms with Crippen molar-refractivity contribution in [2.75, 3.05) is 12.0 Å². The average molecular weight is 376 g/mol. The summed E-state index contributed by atoms with van der Waals surface area (Å²) in [6, 6.07) is 9.16. The van der Waals surface area contributed by atoms with Gasteiger partial charge < -0.3 is 10.4 Å². The standard InChI is InChI=1S/C15H10ClN5O5/c16-11-6-9(21(25)26)12-13(18-11)19-14(23)15(24)20(12)17-7-10(22)8-4-2-1-3-5-8/h1-6,17H,7H2,(H,18,19,23). The number of Topliss-reactive ketones (excluding diaryl/α,β-unsaturated/α-hetero) is 1. The predicted molar refractivity (Wildman–Crippen MR) is 93.3 cm³/mol. The molecule has 1 aromatic carbocycles. The Kier molecular flexibility index (Phi) is 4.50. The maximum Gasteiger partial charge on any atom is 0.335 e. The van der Waals surface area contributed by atoms with E-state index in [0.29, 0.717) is 10.2 Å². The third-order valence-corrected chi connectivity index (χ3v) is 3.68. The second kappa shape index (κ2) is 6.76. The number of hydrogen-bond donors (Lipinski definition) is 2.